The number of nitrogens with zero attached hydrogens (tertiary/aromatic N) is 1. The number of rotatable bonds is 2. The van der Waals surface area contributed by atoms with Gasteiger partial charge in [0.15, 0.2) is 11.6 Å². The van der Waals surface area contributed by atoms with Crippen LogP contribution in [0.2, 0.25) is 0 Å². The van der Waals surface area contributed by atoms with Crippen LogP contribution in [-0.4, -0.2) is 36.2 Å². The second kappa shape index (κ2) is 5.12. The number of benzene rings is 1. The Balaban J connectivity index is 2.16. The van der Waals surface area contributed by atoms with Crippen molar-refractivity contribution in [1.29, 1.82) is 0 Å². The molecule has 0 bridgehead atoms. The van der Waals surface area contributed by atoms with Crippen LogP contribution in [0, 0.1) is 5.82 Å². The van der Waals surface area contributed by atoms with Crippen molar-refractivity contribution in [2.24, 2.45) is 0 Å². The largest absolute Gasteiger partial charge is 0.505 e. The molecule has 0 saturated carbocycles. The number of hydrogen-bond acceptors (Lipinski definition) is 3. The van der Waals surface area contributed by atoms with Crippen molar-refractivity contribution in [2.75, 3.05) is 26.2 Å². The third-order valence-corrected chi connectivity index (χ3v) is 3.51. The highest BCUT2D eigenvalue weighted by Gasteiger charge is 2.16. The summed E-state index contributed by atoms with van der Waals surface area (Å²) < 4.78 is 14.0. The summed E-state index contributed by atoms with van der Waals surface area (Å²) >= 11 is 3.34. The van der Waals surface area contributed by atoms with E-state index in [9.17, 15) is 9.50 Å². The molecule has 1 aromatic carbocycles. The molecule has 0 aromatic heterocycles. The van der Waals surface area contributed by atoms with Crippen LogP contribution in [0.1, 0.15) is 5.56 Å². The first kappa shape index (κ1) is 11.8. The molecule has 0 atom stereocenters. The van der Waals surface area contributed by atoms with E-state index in [1.54, 1.807) is 6.07 Å². The summed E-state index contributed by atoms with van der Waals surface area (Å²) in [5, 5.41) is 12.9. The van der Waals surface area contributed by atoms with Gasteiger partial charge in [-0.05, 0) is 12.1 Å². The molecule has 2 N–H and O–H groups in total. The second-order valence-corrected chi connectivity index (χ2v) is 4.74. The minimum absolute atomic E-state index is 0.243. The molecule has 88 valence electrons. The Hall–Kier alpha value is -0.650. The van der Waals surface area contributed by atoms with Gasteiger partial charge in [0, 0.05) is 42.8 Å². The molecule has 0 aliphatic carbocycles. The Morgan fingerprint density at radius 2 is 2.06 bits per heavy atom. The molecular formula is C11H14BrFN2O. The Morgan fingerprint density at radius 3 is 2.75 bits per heavy atom. The topological polar surface area (TPSA) is 35.5 Å². The summed E-state index contributed by atoms with van der Waals surface area (Å²) in [7, 11) is 0. The maximum Gasteiger partial charge on any atom is 0.165 e. The Bertz CT molecular complexity index is 380. The first-order valence-corrected chi connectivity index (χ1v) is 6.06. The fraction of sp³-hybridized carbons (Fsp3) is 0.455. The summed E-state index contributed by atoms with van der Waals surface area (Å²) in [5.74, 6) is -0.804. The van der Waals surface area contributed by atoms with Gasteiger partial charge in [0.05, 0.1) is 0 Å². The molecule has 2 rings (SSSR count). The van der Waals surface area contributed by atoms with Crippen molar-refractivity contribution in [3.05, 3.63) is 28.0 Å². The van der Waals surface area contributed by atoms with E-state index in [2.05, 4.69) is 26.1 Å². The van der Waals surface area contributed by atoms with E-state index >= 15 is 0 Å². The van der Waals surface area contributed by atoms with Crippen LogP contribution in [0.3, 0.4) is 0 Å². The fourth-order valence-electron chi connectivity index (χ4n) is 1.83. The van der Waals surface area contributed by atoms with Crippen LogP contribution in [0.5, 0.6) is 5.75 Å². The quantitative estimate of drug-likeness (QED) is 0.870. The number of halogens is 2. The predicted molar refractivity (Wildman–Crippen MR) is 63.9 cm³/mol. The molecule has 1 heterocycles. The van der Waals surface area contributed by atoms with Crippen LogP contribution < -0.4 is 5.32 Å². The monoisotopic (exact) mass is 288 g/mol. The highest BCUT2D eigenvalue weighted by atomic mass is 79.9. The van der Waals surface area contributed by atoms with Gasteiger partial charge in [-0.2, -0.15) is 0 Å². The molecule has 5 heteroatoms. The van der Waals surface area contributed by atoms with Crippen molar-refractivity contribution in [3.63, 3.8) is 0 Å². The highest BCUT2D eigenvalue weighted by Crippen LogP contribution is 2.29. The minimum Gasteiger partial charge on any atom is -0.505 e. The molecule has 0 amide bonds. The van der Waals surface area contributed by atoms with E-state index in [-0.39, 0.29) is 5.75 Å². The van der Waals surface area contributed by atoms with Gasteiger partial charge in [-0.25, -0.2) is 4.39 Å². The maximum atomic E-state index is 13.2. The van der Waals surface area contributed by atoms with E-state index in [0.29, 0.717) is 12.1 Å². The van der Waals surface area contributed by atoms with Crippen LogP contribution in [0.25, 0.3) is 0 Å². The predicted octanol–water partition coefficient (Wildman–Crippen LogP) is 1.70. The van der Waals surface area contributed by atoms with E-state index < -0.39 is 5.82 Å². The standard InChI is InChI=1S/C11H14BrFN2O/c12-9-1-2-10(13)11(16)8(9)7-15-5-3-14-4-6-15/h1-2,14,16H,3-7H2. The third kappa shape index (κ3) is 2.53. The zero-order valence-electron chi connectivity index (χ0n) is 8.84. The normalized spacial score (nSPS) is 17.6. The summed E-state index contributed by atoms with van der Waals surface area (Å²) in [6.07, 6.45) is 0. The van der Waals surface area contributed by atoms with Gasteiger partial charge >= 0.3 is 0 Å². The van der Waals surface area contributed by atoms with Crippen molar-refractivity contribution < 1.29 is 9.50 Å². The Labute approximate surface area is 102 Å². The molecular weight excluding hydrogens is 275 g/mol. The zero-order valence-corrected chi connectivity index (χ0v) is 10.4. The zero-order chi connectivity index (χ0) is 11.5. The van der Waals surface area contributed by atoms with Gasteiger partial charge in [0.2, 0.25) is 0 Å². The third-order valence-electron chi connectivity index (χ3n) is 2.77. The number of nitrogens with one attached hydrogen (secondary N) is 1. The Kier molecular flexibility index (Phi) is 3.78. The van der Waals surface area contributed by atoms with Crippen LogP contribution in [0.4, 0.5) is 4.39 Å². The first-order chi connectivity index (χ1) is 7.68. The van der Waals surface area contributed by atoms with Gasteiger partial charge in [-0.15, -0.1) is 0 Å². The summed E-state index contributed by atoms with van der Waals surface area (Å²) in [4.78, 5) is 2.19. The molecule has 1 aromatic rings. The lowest BCUT2D eigenvalue weighted by molar-refractivity contribution is 0.229. The number of phenolic OH excluding ortho intramolecular Hbond substituents is 1. The maximum absolute atomic E-state index is 13.2. The summed E-state index contributed by atoms with van der Waals surface area (Å²) in [6, 6.07) is 2.90. The molecule has 3 nitrogen and oxygen atoms in total. The van der Waals surface area contributed by atoms with Gasteiger partial charge < -0.3 is 10.4 Å². The van der Waals surface area contributed by atoms with Crippen molar-refractivity contribution in [1.82, 2.24) is 10.2 Å². The number of hydrogen-bond donors (Lipinski definition) is 2. The van der Waals surface area contributed by atoms with E-state index in [4.69, 9.17) is 0 Å². The molecule has 1 fully saturated rings. The molecule has 0 unspecified atom stereocenters. The highest BCUT2D eigenvalue weighted by molar-refractivity contribution is 9.10. The number of phenols is 1. The van der Waals surface area contributed by atoms with Gasteiger partial charge in [-0.3, -0.25) is 4.90 Å². The fourth-order valence-corrected chi connectivity index (χ4v) is 2.27. The molecule has 0 spiro atoms. The van der Waals surface area contributed by atoms with Crippen molar-refractivity contribution >= 4 is 15.9 Å². The van der Waals surface area contributed by atoms with E-state index in [1.807, 2.05) is 0 Å². The first-order valence-electron chi connectivity index (χ1n) is 5.27. The molecule has 1 saturated heterocycles. The number of aromatic hydroxyl groups is 1. The van der Waals surface area contributed by atoms with Crippen molar-refractivity contribution in [2.45, 2.75) is 6.54 Å². The van der Waals surface area contributed by atoms with Crippen molar-refractivity contribution in [3.8, 4) is 5.75 Å². The lowest BCUT2D eigenvalue weighted by atomic mass is 10.1. The summed E-state index contributed by atoms with van der Waals surface area (Å²) in [6.45, 7) is 4.29. The van der Waals surface area contributed by atoms with E-state index in [1.165, 1.54) is 6.07 Å². The van der Waals surface area contributed by atoms with Crippen LogP contribution in [0.15, 0.2) is 16.6 Å². The van der Waals surface area contributed by atoms with E-state index in [0.717, 1.165) is 30.7 Å². The molecule has 16 heavy (non-hydrogen) atoms. The second-order valence-electron chi connectivity index (χ2n) is 3.88. The lowest BCUT2D eigenvalue weighted by Gasteiger charge is -2.27. The average Bonchev–Trinajstić information content (AvgIpc) is 2.31. The lowest BCUT2D eigenvalue weighted by Crippen LogP contribution is -2.42. The SMILES string of the molecule is Oc1c(F)ccc(Br)c1CN1CCNCC1. The minimum atomic E-state index is -0.562. The van der Waals surface area contributed by atoms with Gasteiger partial charge in [-0.1, -0.05) is 15.9 Å². The molecule has 0 radical (unpaired) electrons. The average molecular weight is 289 g/mol. The van der Waals surface area contributed by atoms with Gasteiger partial charge in [0.25, 0.3) is 0 Å². The summed E-state index contributed by atoms with van der Waals surface area (Å²) in [5.41, 5.74) is 0.627. The van der Waals surface area contributed by atoms with Crippen LogP contribution in [-0.2, 0) is 6.54 Å². The number of piperazine rings is 1. The smallest absolute Gasteiger partial charge is 0.165 e. The van der Waals surface area contributed by atoms with Crippen LogP contribution >= 0.6 is 15.9 Å². The van der Waals surface area contributed by atoms with Gasteiger partial charge in [0.1, 0.15) is 0 Å². The molecule has 1 aliphatic heterocycles. The Morgan fingerprint density at radius 1 is 1.38 bits per heavy atom. The molecule has 1 aliphatic rings.